The molecule has 5 aromatic rings. The van der Waals surface area contributed by atoms with E-state index in [1.165, 1.54) is 6.07 Å². The summed E-state index contributed by atoms with van der Waals surface area (Å²) in [6.45, 7) is 2.05. The van der Waals surface area contributed by atoms with Gasteiger partial charge in [-0.15, -0.1) is 10.2 Å². The third kappa shape index (κ3) is 7.39. The number of rotatable bonds is 12. The Morgan fingerprint density at radius 2 is 1.69 bits per heavy atom. The zero-order valence-electron chi connectivity index (χ0n) is 23.9. The molecule has 0 atom stereocenters. The molecule has 14 nitrogen and oxygen atoms in total. The zero-order chi connectivity index (χ0) is 31.9. The molecule has 0 saturated heterocycles. The number of carbonyl (C=O) groups is 2. The molecule has 0 saturated carbocycles. The number of carboxylic acid groups (broad SMARTS) is 1. The average Bonchev–Trinajstić information content (AvgIpc) is 3.65. The lowest BCUT2D eigenvalue weighted by Crippen LogP contribution is -2.21. The second kappa shape index (κ2) is 14.2. The zero-order valence-corrected chi connectivity index (χ0v) is 24.7. The Morgan fingerprint density at radius 3 is 2.40 bits per heavy atom. The van der Waals surface area contributed by atoms with E-state index in [1.54, 1.807) is 28.8 Å². The van der Waals surface area contributed by atoms with E-state index in [0.717, 1.165) is 29.5 Å². The van der Waals surface area contributed by atoms with E-state index in [4.69, 9.17) is 26.8 Å². The minimum Gasteiger partial charge on any atom is -0.476 e. The number of tetrazole rings is 1. The number of aryl methyl sites for hydroxylation is 1. The Balaban J connectivity index is 1.35. The summed E-state index contributed by atoms with van der Waals surface area (Å²) >= 11 is 6.18. The lowest BCUT2D eigenvalue weighted by Gasteiger charge is -2.12. The van der Waals surface area contributed by atoms with E-state index >= 15 is 0 Å². The number of para-hydroxylation sites is 1. The first-order chi connectivity index (χ1) is 21.7. The standard InChI is InChI=1S/C30H28ClN7O7/c1-2-3-12-25-32-27(31)26(29(39)40)36(25)17-19-13-15-20(16-14-19)22-9-5-6-10-23(22)28-33-35-37(34-28)30(41)45-24-11-7-4-8-21(24)18-44-38(42)43/h4-11,13-16,42-43H,2-3,12,17-18H2,1H3,(H,39,40). The molecule has 232 valence electrons. The van der Waals surface area contributed by atoms with Crippen LogP contribution in [0.25, 0.3) is 22.5 Å². The van der Waals surface area contributed by atoms with Gasteiger partial charge < -0.3 is 14.4 Å². The maximum atomic E-state index is 12.8. The van der Waals surface area contributed by atoms with E-state index in [0.29, 0.717) is 28.2 Å². The van der Waals surface area contributed by atoms with Crippen LogP contribution < -0.4 is 4.74 Å². The summed E-state index contributed by atoms with van der Waals surface area (Å²) < 4.78 is 7.03. The maximum Gasteiger partial charge on any atom is 0.459 e. The summed E-state index contributed by atoms with van der Waals surface area (Å²) in [5.74, 6) is -0.225. The minimum absolute atomic E-state index is 0.0264. The molecule has 0 spiro atoms. The molecular weight excluding hydrogens is 606 g/mol. The summed E-state index contributed by atoms with van der Waals surface area (Å²) in [5.41, 5.74) is 3.40. The van der Waals surface area contributed by atoms with Crippen molar-refractivity contribution in [1.29, 1.82) is 0 Å². The largest absolute Gasteiger partial charge is 0.476 e. The Morgan fingerprint density at radius 1 is 0.978 bits per heavy atom. The molecule has 0 aliphatic heterocycles. The first-order valence-corrected chi connectivity index (χ1v) is 14.2. The predicted molar refractivity (Wildman–Crippen MR) is 159 cm³/mol. The monoisotopic (exact) mass is 633 g/mol. The lowest BCUT2D eigenvalue weighted by atomic mass is 9.98. The molecule has 0 radical (unpaired) electrons. The summed E-state index contributed by atoms with van der Waals surface area (Å²) in [6.07, 6.45) is 1.47. The first-order valence-electron chi connectivity index (χ1n) is 13.8. The van der Waals surface area contributed by atoms with Crippen LogP contribution in [0.5, 0.6) is 5.75 Å². The average molecular weight is 634 g/mol. The fourth-order valence-corrected chi connectivity index (χ4v) is 4.93. The molecule has 0 fully saturated rings. The van der Waals surface area contributed by atoms with E-state index in [2.05, 4.69) is 32.2 Å². The third-order valence-corrected chi connectivity index (χ3v) is 7.08. The highest BCUT2D eigenvalue weighted by atomic mass is 35.5. The van der Waals surface area contributed by atoms with Gasteiger partial charge in [0.2, 0.25) is 5.82 Å². The number of hydrogen-bond donors (Lipinski definition) is 3. The number of carboxylic acids is 1. The molecule has 3 aromatic carbocycles. The van der Waals surface area contributed by atoms with Gasteiger partial charge in [-0.05, 0) is 34.4 Å². The van der Waals surface area contributed by atoms with Gasteiger partial charge >= 0.3 is 12.1 Å². The molecule has 0 unspecified atom stereocenters. The highest BCUT2D eigenvalue weighted by Crippen LogP contribution is 2.30. The number of hydrogen-bond acceptors (Lipinski definition) is 11. The lowest BCUT2D eigenvalue weighted by molar-refractivity contribution is -0.497. The fourth-order valence-electron chi connectivity index (χ4n) is 4.65. The molecule has 3 N–H and O–H groups in total. The third-order valence-electron chi connectivity index (χ3n) is 6.82. The number of nitrogens with zero attached hydrogens (tertiary/aromatic N) is 7. The van der Waals surface area contributed by atoms with Crippen LogP contribution in [-0.4, -0.2) is 62.7 Å². The summed E-state index contributed by atoms with van der Waals surface area (Å²) in [7, 11) is 0. The molecule has 0 aliphatic carbocycles. The number of carbonyl (C=O) groups excluding carboxylic acids is 1. The topological polar surface area (TPSA) is 178 Å². The van der Waals surface area contributed by atoms with Crippen molar-refractivity contribution < 1.29 is 34.7 Å². The molecule has 0 amide bonds. The molecule has 15 heteroatoms. The van der Waals surface area contributed by atoms with Gasteiger partial charge in [-0.3, -0.25) is 10.4 Å². The fraction of sp³-hybridized carbons (Fsp3) is 0.200. The van der Waals surface area contributed by atoms with Gasteiger partial charge in [-0.25, -0.2) is 19.4 Å². The van der Waals surface area contributed by atoms with E-state index < -0.39 is 17.5 Å². The number of imidazole rings is 1. The molecule has 0 aliphatic rings. The molecule has 2 aromatic heterocycles. The molecule has 2 heterocycles. The van der Waals surface area contributed by atoms with Crippen molar-refractivity contribution in [2.24, 2.45) is 0 Å². The van der Waals surface area contributed by atoms with Crippen LogP contribution in [0.1, 0.15) is 47.2 Å². The Labute approximate surface area is 261 Å². The number of ether oxygens (including phenoxy) is 1. The Bertz CT molecular complexity index is 1800. The normalized spacial score (nSPS) is 11.2. The van der Waals surface area contributed by atoms with Crippen molar-refractivity contribution in [3.05, 3.63) is 101 Å². The van der Waals surface area contributed by atoms with Gasteiger partial charge in [0, 0.05) is 24.1 Å². The molecule has 0 bridgehead atoms. The van der Waals surface area contributed by atoms with Crippen LogP contribution in [0, 0.1) is 0 Å². The van der Waals surface area contributed by atoms with Gasteiger partial charge in [0.25, 0.3) is 0 Å². The van der Waals surface area contributed by atoms with Gasteiger partial charge in [-0.1, -0.05) is 96.5 Å². The summed E-state index contributed by atoms with van der Waals surface area (Å²) in [5, 5.41) is 39.0. The SMILES string of the molecule is CCCCc1nc(Cl)c(C(=O)O)n1Cc1ccc(-c2ccccc2-c2nnn(C(=O)Oc3ccccc3CON(O)O)n2)cc1. The summed E-state index contributed by atoms with van der Waals surface area (Å²) in [4.78, 5) is 34.4. The van der Waals surface area contributed by atoms with E-state index in [1.807, 2.05) is 42.5 Å². The number of unbranched alkanes of at least 4 members (excludes halogenated alkanes) is 1. The Kier molecular flexibility index (Phi) is 9.92. The highest BCUT2D eigenvalue weighted by molar-refractivity contribution is 6.32. The number of aromatic carboxylic acids is 1. The second-order valence-electron chi connectivity index (χ2n) is 9.81. The smallest absolute Gasteiger partial charge is 0.459 e. The van der Waals surface area contributed by atoms with Crippen molar-refractivity contribution in [3.63, 3.8) is 0 Å². The number of halogens is 1. The summed E-state index contributed by atoms with van der Waals surface area (Å²) in [6, 6.07) is 21.3. The van der Waals surface area contributed by atoms with Gasteiger partial charge in [-0.2, -0.15) is 0 Å². The van der Waals surface area contributed by atoms with Crippen LogP contribution >= 0.6 is 11.6 Å². The number of benzene rings is 3. The maximum absolute atomic E-state index is 12.8. The van der Waals surface area contributed by atoms with Crippen LogP contribution in [0.15, 0.2) is 72.8 Å². The predicted octanol–water partition coefficient (Wildman–Crippen LogP) is 5.51. The van der Waals surface area contributed by atoms with Crippen LogP contribution in [-0.2, 0) is 24.4 Å². The Hall–Kier alpha value is -4.99. The molecular formula is C30H28ClN7O7. The van der Waals surface area contributed by atoms with Crippen LogP contribution in [0.2, 0.25) is 5.15 Å². The van der Waals surface area contributed by atoms with Gasteiger partial charge in [0.05, 0.1) is 5.39 Å². The van der Waals surface area contributed by atoms with Crippen molar-refractivity contribution in [2.45, 2.75) is 39.3 Å². The van der Waals surface area contributed by atoms with Crippen molar-refractivity contribution in [1.82, 2.24) is 35.1 Å². The quantitative estimate of drug-likeness (QED) is 0.147. The van der Waals surface area contributed by atoms with Crippen molar-refractivity contribution in [3.8, 4) is 28.3 Å². The molecule has 5 rings (SSSR count). The second-order valence-corrected chi connectivity index (χ2v) is 10.2. The van der Waals surface area contributed by atoms with Gasteiger partial charge in [0.15, 0.2) is 10.8 Å². The van der Waals surface area contributed by atoms with Crippen LogP contribution in [0.3, 0.4) is 0 Å². The van der Waals surface area contributed by atoms with Crippen molar-refractivity contribution in [2.75, 3.05) is 0 Å². The first kappa shape index (κ1) is 31.4. The number of aromatic nitrogens is 6. The van der Waals surface area contributed by atoms with E-state index in [9.17, 15) is 14.7 Å². The van der Waals surface area contributed by atoms with Crippen molar-refractivity contribution >= 4 is 23.7 Å². The minimum atomic E-state index is -1.14. The van der Waals surface area contributed by atoms with Gasteiger partial charge in [0.1, 0.15) is 18.2 Å². The van der Waals surface area contributed by atoms with E-state index in [-0.39, 0.29) is 35.6 Å². The highest BCUT2D eigenvalue weighted by Gasteiger charge is 2.22. The van der Waals surface area contributed by atoms with Crippen LogP contribution in [0.4, 0.5) is 4.79 Å². The molecule has 45 heavy (non-hydrogen) atoms.